The highest BCUT2D eigenvalue weighted by molar-refractivity contribution is 7.09. The van der Waals surface area contributed by atoms with Crippen molar-refractivity contribution in [2.45, 2.75) is 38.6 Å². The van der Waals surface area contributed by atoms with Gasteiger partial charge in [-0.1, -0.05) is 71.9 Å². The summed E-state index contributed by atoms with van der Waals surface area (Å²) in [5.41, 5.74) is 4.27. The molecule has 0 fully saturated rings. The number of nitrogens with zero attached hydrogens (tertiary/aromatic N) is 3. The van der Waals surface area contributed by atoms with Crippen molar-refractivity contribution in [3.63, 3.8) is 0 Å². The smallest absolute Gasteiger partial charge is 0.253 e. The fourth-order valence-electron chi connectivity index (χ4n) is 4.79. The second kappa shape index (κ2) is 14.7. The van der Waals surface area contributed by atoms with Gasteiger partial charge in [0, 0.05) is 54.0 Å². The summed E-state index contributed by atoms with van der Waals surface area (Å²) in [4.78, 5) is 32.6. The Bertz CT molecular complexity index is 1670. The Balaban J connectivity index is 1.22. The van der Waals surface area contributed by atoms with Gasteiger partial charge >= 0.3 is 0 Å². The molecule has 2 amide bonds. The van der Waals surface area contributed by atoms with E-state index in [9.17, 15) is 14.7 Å². The number of rotatable bonds is 13. The first kappa shape index (κ1) is 30.8. The summed E-state index contributed by atoms with van der Waals surface area (Å²) < 4.78 is 5.47. The lowest BCUT2D eigenvalue weighted by molar-refractivity contribution is 0.0784. The molecular weight excluding hydrogens is 574 g/mol. The van der Waals surface area contributed by atoms with Crippen LogP contribution in [0.15, 0.2) is 101 Å². The number of hydrogen-bond acceptors (Lipinski definition) is 8. The molecule has 9 nitrogen and oxygen atoms in total. The molecule has 0 aliphatic rings. The Morgan fingerprint density at radius 2 is 1.70 bits per heavy atom. The third-order valence-corrected chi connectivity index (χ3v) is 8.07. The molecule has 5 aromatic rings. The van der Waals surface area contributed by atoms with Gasteiger partial charge in [-0.05, 0) is 37.1 Å². The van der Waals surface area contributed by atoms with Gasteiger partial charge in [0.15, 0.2) is 5.76 Å². The molecule has 0 spiro atoms. The van der Waals surface area contributed by atoms with Gasteiger partial charge in [-0.3, -0.25) is 9.59 Å². The molecule has 2 atom stereocenters. The highest BCUT2D eigenvalue weighted by Gasteiger charge is 2.23. The van der Waals surface area contributed by atoms with Crippen LogP contribution in [0.5, 0.6) is 0 Å². The summed E-state index contributed by atoms with van der Waals surface area (Å²) in [5, 5.41) is 24.3. The molecule has 5 rings (SSSR count). The zero-order chi connectivity index (χ0) is 30.9. The van der Waals surface area contributed by atoms with E-state index in [1.54, 1.807) is 36.2 Å². The number of carbonyl (C=O) groups excluding carboxylic acids is 2. The Morgan fingerprint density at radius 1 is 0.977 bits per heavy atom. The minimum atomic E-state index is -0.905. The third kappa shape index (κ3) is 8.25. The molecule has 10 heteroatoms. The molecule has 3 aromatic carbocycles. The van der Waals surface area contributed by atoms with E-state index in [1.807, 2.05) is 79.0 Å². The average molecular weight is 610 g/mol. The van der Waals surface area contributed by atoms with E-state index in [2.05, 4.69) is 20.8 Å². The zero-order valence-corrected chi connectivity index (χ0v) is 25.5. The molecule has 226 valence electrons. The van der Waals surface area contributed by atoms with Crippen molar-refractivity contribution in [3.8, 4) is 11.3 Å². The Kier molecular flexibility index (Phi) is 10.3. The minimum Gasteiger partial charge on any atom is -0.390 e. The fourth-order valence-corrected chi connectivity index (χ4v) is 5.62. The molecule has 0 aliphatic carbocycles. The highest BCUT2D eigenvalue weighted by atomic mass is 32.1. The molecular formula is C34H35N5O4S. The lowest BCUT2D eigenvalue weighted by Crippen LogP contribution is -2.48. The number of thiazole rings is 1. The maximum Gasteiger partial charge on any atom is 0.253 e. The van der Waals surface area contributed by atoms with E-state index in [4.69, 9.17) is 4.52 Å². The zero-order valence-electron chi connectivity index (χ0n) is 24.6. The molecule has 2 heterocycles. The van der Waals surface area contributed by atoms with E-state index in [0.29, 0.717) is 42.1 Å². The maximum atomic E-state index is 13.4. The highest BCUT2D eigenvalue weighted by Crippen LogP contribution is 2.20. The van der Waals surface area contributed by atoms with E-state index in [0.717, 1.165) is 21.8 Å². The van der Waals surface area contributed by atoms with Crippen LogP contribution in [0.1, 0.15) is 42.7 Å². The molecule has 0 radical (unpaired) electrons. The maximum absolute atomic E-state index is 13.4. The summed E-state index contributed by atoms with van der Waals surface area (Å²) in [7, 11) is 1.71. The summed E-state index contributed by atoms with van der Waals surface area (Å²) in [6.45, 7) is 2.90. The average Bonchev–Trinajstić information content (AvgIpc) is 3.70. The van der Waals surface area contributed by atoms with Crippen LogP contribution in [0.3, 0.4) is 0 Å². The molecule has 0 unspecified atom stereocenters. The van der Waals surface area contributed by atoms with E-state index in [1.165, 1.54) is 11.3 Å². The van der Waals surface area contributed by atoms with Crippen LogP contribution in [0.4, 0.5) is 0 Å². The van der Waals surface area contributed by atoms with Crippen molar-refractivity contribution in [1.82, 2.24) is 25.7 Å². The largest absolute Gasteiger partial charge is 0.390 e. The number of amides is 2. The Morgan fingerprint density at radius 3 is 2.43 bits per heavy atom. The number of aliphatic hydroxyl groups is 1. The van der Waals surface area contributed by atoms with Gasteiger partial charge in [0.2, 0.25) is 0 Å². The molecule has 3 N–H and O–H groups in total. The van der Waals surface area contributed by atoms with Crippen LogP contribution >= 0.6 is 11.3 Å². The van der Waals surface area contributed by atoms with Crippen molar-refractivity contribution in [2.24, 2.45) is 0 Å². The number of aryl methyl sites for hydroxylation is 1. The van der Waals surface area contributed by atoms with Gasteiger partial charge in [0.05, 0.1) is 24.4 Å². The Hall–Kier alpha value is -4.64. The van der Waals surface area contributed by atoms with Crippen LogP contribution in [0.2, 0.25) is 0 Å². The molecule has 2 aromatic heterocycles. The van der Waals surface area contributed by atoms with Crippen molar-refractivity contribution < 1.29 is 19.2 Å². The summed E-state index contributed by atoms with van der Waals surface area (Å²) in [6, 6.07) is 27.3. The third-order valence-electron chi connectivity index (χ3n) is 7.11. The predicted molar refractivity (Wildman–Crippen MR) is 170 cm³/mol. The molecule has 0 saturated heterocycles. The van der Waals surface area contributed by atoms with E-state index < -0.39 is 12.1 Å². The predicted octanol–water partition coefficient (Wildman–Crippen LogP) is 4.87. The van der Waals surface area contributed by atoms with Crippen LogP contribution in [0.25, 0.3) is 11.3 Å². The summed E-state index contributed by atoms with van der Waals surface area (Å²) >= 11 is 1.51. The van der Waals surface area contributed by atoms with Crippen molar-refractivity contribution >= 4 is 23.2 Å². The first-order chi connectivity index (χ1) is 21.4. The summed E-state index contributed by atoms with van der Waals surface area (Å²) in [6.07, 6.45) is -0.482. The summed E-state index contributed by atoms with van der Waals surface area (Å²) in [5.74, 6) is 0.0880. The number of hydrogen-bond donors (Lipinski definition) is 3. The molecule has 0 saturated carbocycles. The van der Waals surface area contributed by atoms with Gasteiger partial charge in [-0.2, -0.15) is 0 Å². The molecule has 0 aliphatic heterocycles. The second-order valence-electron chi connectivity index (χ2n) is 10.6. The van der Waals surface area contributed by atoms with Crippen molar-refractivity contribution in [3.05, 3.63) is 129 Å². The molecule has 0 bridgehead atoms. The van der Waals surface area contributed by atoms with Gasteiger partial charge in [0.1, 0.15) is 5.01 Å². The first-order valence-electron chi connectivity index (χ1n) is 14.4. The van der Waals surface area contributed by atoms with Crippen LogP contribution in [0, 0.1) is 6.92 Å². The SMILES string of the molecule is Cc1csc(CN(C)C(=O)c2cccc(C(=O)N[C@@H](Cc3ccccc3)[C@H](O)CNCc3cc(-c4ccccc4)on3)c2)n1. The topological polar surface area (TPSA) is 121 Å². The van der Waals surface area contributed by atoms with Gasteiger partial charge in [-0.25, -0.2) is 4.98 Å². The van der Waals surface area contributed by atoms with Crippen molar-refractivity contribution in [1.29, 1.82) is 0 Å². The number of carbonyl (C=O) groups is 2. The van der Waals surface area contributed by atoms with Crippen LogP contribution in [-0.4, -0.2) is 57.7 Å². The van der Waals surface area contributed by atoms with E-state index >= 15 is 0 Å². The lowest BCUT2D eigenvalue weighted by Gasteiger charge is -2.25. The van der Waals surface area contributed by atoms with Gasteiger partial charge < -0.3 is 25.2 Å². The minimum absolute atomic E-state index is 0.208. The number of nitrogens with one attached hydrogen (secondary N) is 2. The number of aromatic nitrogens is 2. The lowest BCUT2D eigenvalue weighted by atomic mass is 10.00. The number of aliphatic hydroxyl groups excluding tert-OH is 1. The fraction of sp³-hybridized carbons (Fsp3) is 0.235. The number of benzene rings is 3. The van der Waals surface area contributed by atoms with E-state index in [-0.39, 0.29) is 18.4 Å². The Labute approximate surface area is 260 Å². The van der Waals surface area contributed by atoms with Crippen LogP contribution < -0.4 is 10.6 Å². The van der Waals surface area contributed by atoms with Crippen LogP contribution in [-0.2, 0) is 19.5 Å². The monoisotopic (exact) mass is 609 g/mol. The second-order valence-corrected chi connectivity index (χ2v) is 11.6. The first-order valence-corrected chi connectivity index (χ1v) is 15.2. The normalized spacial score (nSPS) is 12.4. The van der Waals surface area contributed by atoms with Gasteiger partial charge in [0.25, 0.3) is 11.8 Å². The van der Waals surface area contributed by atoms with Crippen molar-refractivity contribution in [2.75, 3.05) is 13.6 Å². The quantitative estimate of drug-likeness (QED) is 0.174. The standard InChI is InChI=1S/C34H35N5O4S/c1-23-22-44-32(36-23)21-39(2)34(42)27-15-9-14-26(17-27)33(41)37-29(16-24-10-5-3-6-11-24)30(40)20-35-19-28-18-31(43-38-28)25-12-7-4-8-13-25/h3-15,17-18,22,29-30,35,40H,16,19-21H2,1-2H3,(H,37,41)/t29-,30+/m0/s1. The molecule has 44 heavy (non-hydrogen) atoms. The van der Waals surface area contributed by atoms with Gasteiger partial charge in [-0.15, -0.1) is 11.3 Å².